The van der Waals surface area contributed by atoms with Crippen LogP contribution >= 0.6 is 31.9 Å². The van der Waals surface area contributed by atoms with Crippen molar-refractivity contribution in [1.29, 1.82) is 0 Å². The number of nitrogens with two attached hydrogens (primary N) is 1. The molecule has 1 aromatic carbocycles. The molecule has 0 aliphatic rings. The zero-order valence-electron chi connectivity index (χ0n) is 6.60. The third-order valence-corrected chi connectivity index (χ3v) is 3.05. The van der Waals surface area contributed by atoms with Gasteiger partial charge in [0.05, 0.1) is 16.1 Å². The summed E-state index contributed by atoms with van der Waals surface area (Å²) in [4.78, 5) is 0. The normalized spacial score (nSPS) is 10.0. The molecule has 1 rings (SSSR count). The molecule has 0 fully saturated rings. The Morgan fingerprint density at radius 3 is 2.58 bits per heavy atom. The van der Waals surface area contributed by atoms with E-state index in [1.165, 1.54) is 0 Å². The van der Waals surface area contributed by atoms with Gasteiger partial charge in [-0.05, 0) is 43.5 Å². The predicted octanol–water partition coefficient (Wildman–Crippen LogP) is 2.68. The highest BCUT2D eigenvalue weighted by atomic mass is 79.9. The highest BCUT2D eigenvalue weighted by Gasteiger charge is 2.08. The maximum absolute atomic E-state index is 5.52. The molecule has 1 aromatic rings. The molecule has 4 heteroatoms. The first-order chi connectivity index (χ1) is 5.70. The third-order valence-electron chi connectivity index (χ3n) is 1.55. The lowest BCUT2D eigenvalue weighted by atomic mass is 10.2. The predicted molar refractivity (Wildman–Crippen MR) is 56.3 cm³/mol. The van der Waals surface area contributed by atoms with Crippen LogP contribution in [0.15, 0.2) is 21.1 Å². The van der Waals surface area contributed by atoms with Crippen molar-refractivity contribution in [1.82, 2.24) is 0 Å². The Bertz CT molecular complexity index is 289. The number of ether oxygens (including phenoxy) is 1. The summed E-state index contributed by atoms with van der Waals surface area (Å²) in [5.41, 5.74) is 6.56. The van der Waals surface area contributed by atoms with Gasteiger partial charge in [0.2, 0.25) is 0 Å². The van der Waals surface area contributed by atoms with Crippen molar-refractivity contribution in [3.63, 3.8) is 0 Å². The number of methoxy groups -OCH3 is 1. The highest BCUT2D eigenvalue weighted by Crippen LogP contribution is 2.35. The maximum atomic E-state index is 5.52. The molecule has 0 saturated carbocycles. The monoisotopic (exact) mass is 293 g/mol. The van der Waals surface area contributed by atoms with E-state index in [9.17, 15) is 0 Å². The maximum Gasteiger partial charge on any atom is 0.147 e. The summed E-state index contributed by atoms with van der Waals surface area (Å²) in [6.45, 7) is 0.504. The van der Waals surface area contributed by atoms with Crippen LogP contribution in [0.5, 0.6) is 5.75 Å². The summed E-state index contributed by atoms with van der Waals surface area (Å²) < 4.78 is 7.01. The minimum atomic E-state index is 0.504. The van der Waals surface area contributed by atoms with Crippen molar-refractivity contribution in [3.8, 4) is 5.75 Å². The molecule has 66 valence electrons. The number of benzene rings is 1. The van der Waals surface area contributed by atoms with Crippen molar-refractivity contribution in [3.05, 3.63) is 26.6 Å². The van der Waals surface area contributed by atoms with Crippen LogP contribution in [0.3, 0.4) is 0 Å². The quantitative estimate of drug-likeness (QED) is 0.910. The average molecular weight is 295 g/mol. The second kappa shape index (κ2) is 4.25. The van der Waals surface area contributed by atoms with Gasteiger partial charge in [0.15, 0.2) is 0 Å². The van der Waals surface area contributed by atoms with Crippen LogP contribution in [0.4, 0.5) is 0 Å². The van der Waals surface area contributed by atoms with Crippen molar-refractivity contribution in [2.45, 2.75) is 6.54 Å². The van der Waals surface area contributed by atoms with Crippen LogP contribution in [-0.2, 0) is 6.54 Å². The van der Waals surface area contributed by atoms with Gasteiger partial charge >= 0.3 is 0 Å². The van der Waals surface area contributed by atoms with E-state index in [0.717, 1.165) is 20.3 Å². The van der Waals surface area contributed by atoms with Crippen LogP contribution < -0.4 is 10.5 Å². The molecule has 0 spiro atoms. The summed E-state index contributed by atoms with van der Waals surface area (Å²) in [5, 5.41) is 0. The standard InChI is InChI=1S/C8H9Br2NO/c1-12-8-6(9)3-2-5(4-11)7(8)10/h2-3H,4,11H2,1H3. The second-order valence-corrected chi connectivity index (χ2v) is 3.91. The Kier molecular flexibility index (Phi) is 3.55. The van der Waals surface area contributed by atoms with E-state index in [1.54, 1.807) is 7.11 Å². The number of hydrogen-bond donors (Lipinski definition) is 1. The molecule has 0 aromatic heterocycles. The molecule has 0 aliphatic heterocycles. The van der Waals surface area contributed by atoms with Gasteiger partial charge < -0.3 is 10.5 Å². The molecule has 0 amide bonds. The molecule has 2 nitrogen and oxygen atoms in total. The molecule has 0 atom stereocenters. The Balaban J connectivity index is 3.24. The molecule has 0 bridgehead atoms. The van der Waals surface area contributed by atoms with Gasteiger partial charge in [-0.25, -0.2) is 0 Å². The van der Waals surface area contributed by atoms with Gasteiger partial charge in [0.25, 0.3) is 0 Å². The summed E-state index contributed by atoms with van der Waals surface area (Å²) in [6, 6.07) is 3.88. The summed E-state index contributed by atoms with van der Waals surface area (Å²) in [5.74, 6) is 0.790. The fourth-order valence-electron chi connectivity index (χ4n) is 0.918. The van der Waals surface area contributed by atoms with E-state index >= 15 is 0 Å². The molecule has 0 aliphatic carbocycles. The topological polar surface area (TPSA) is 35.2 Å². The number of rotatable bonds is 2. The average Bonchev–Trinajstić information content (AvgIpc) is 2.06. The van der Waals surface area contributed by atoms with E-state index in [1.807, 2.05) is 12.1 Å². The molecule has 0 heterocycles. The van der Waals surface area contributed by atoms with Crippen molar-refractivity contribution in [2.75, 3.05) is 7.11 Å². The second-order valence-electron chi connectivity index (χ2n) is 2.26. The van der Waals surface area contributed by atoms with Gasteiger partial charge in [-0.2, -0.15) is 0 Å². The molecular weight excluding hydrogens is 286 g/mol. The van der Waals surface area contributed by atoms with Gasteiger partial charge in [0, 0.05) is 6.54 Å². The van der Waals surface area contributed by atoms with E-state index in [0.29, 0.717) is 6.54 Å². The first kappa shape index (κ1) is 10.0. The Labute approximate surface area is 88.3 Å². The minimum absolute atomic E-state index is 0.504. The van der Waals surface area contributed by atoms with Crippen molar-refractivity contribution in [2.24, 2.45) is 5.73 Å². The highest BCUT2D eigenvalue weighted by molar-refractivity contribution is 9.11. The fraction of sp³-hybridized carbons (Fsp3) is 0.250. The zero-order chi connectivity index (χ0) is 9.14. The van der Waals surface area contributed by atoms with Gasteiger partial charge in [-0.1, -0.05) is 6.07 Å². The molecular formula is C8H9Br2NO. The van der Waals surface area contributed by atoms with Crippen LogP contribution in [0.2, 0.25) is 0 Å². The van der Waals surface area contributed by atoms with Gasteiger partial charge in [0.1, 0.15) is 5.75 Å². The van der Waals surface area contributed by atoms with E-state index in [-0.39, 0.29) is 0 Å². The Morgan fingerprint density at radius 2 is 2.08 bits per heavy atom. The van der Waals surface area contributed by atoms with Crippen LogP contribution in [-0.4, -0.2) is 7.11 Å². The number of hydrogen-bond acceptors (Lipinski definition) is 2. The SMILES string of the molecule is COc1c(Br)ccc(CN)c1Br. The lowest BCUT2D eigenvalue weighted by Gasteiger charge is -2.08. The van der Waals surface area contributed by atoms with Crippen LogP contribution in [0.25, 0.3) is 0 Å². The largest absolute Gasteiger partial charge is 0.494 e. The van der Waals surface area contributed by atoms with Crippen LogP contribution in [0.1, 0.15) is 5.56 Å². The lowest BCUT2D eigenvalue weighted by molar-refractivity contribution is 0.409. The summed E-state index contributed by atoms with van der Waals surface area (Å²) in [6.07, 6.45) is 0. The number of halogens is 2. The Morgan fingerprint density at radius 1 is 1.42 bits per heavy atom. The van der Waals surface area contributed by atoms with Crippen molar-refractivity contribution >= 4 is 31.9 Å². The molecule has 2 N–H and O–H groups in total. The zero-order valence-corrected chi connectivity index (χ0v) is 9.78. The van der Waals surface area contributed by atoms with Gasteiger partial charge in [-0.15, -0.1) is 0 Å². The van der Waals surface area contributed by atoms with Crippen molar-refractivity contribution < 1.29 is 4.74 Å². The first-order valence-electron chi connectivity index (χ1n) is 3.41. The lowest BCUT2D eigenvalue weighted by Crippen LogP contribution is -1.99. The molecule has 0 radical (unpaired) electrons. The fourth-order valence-corrected chi connectivity index (χ4v) is 2.35. The smallest absolute Gasteiger partial charge is 0.147 e. The molecule has 0 saturated heterocycles. The van der Waals surface area contributed by atoms with Crippen LogP contribution in [0, 0.1) is 0 Å². The van der Waals surface area contributed by atoms with Gasteiger partial charge in [-0.3, -0.25) is 0 Å². The van der Waals surface area contributed by atoms with E-state index in [4.69, 9.17) is 10.5 Å². The summed E-state index contributed by atoms with van der Waals surface area (Å²) >= 11 is 6.79. The Hall–Kier alpha value is -0.0600. The first-order valence-corrected chi connectivity index (χ1v) is 5.00. The van der Waals surface area contributed by atoms with E-state index < -0.39 is 0 Å². The molecule has 0 unspecified atom stereocenters. The summed E-state index contributed by atoms with van der Waals surface area (Å²) in [7, 11) is 1.63. The van der Waals surface area contributed by atoms with E-state index in [2.05, 4.69) is 31.9 Å². The third kappa shape index (κ3) is 1.81. The molecule has 12 heavy (non-hydrogen) atoms. The minimum Gasteiger partial charge on any atom is -0.494 e.